The quantitative estimate of drug-likeness (QED) is 0.0294. The van der Waals surface area contributed by atoms with Crippen LogP contribution in [0.25, 0.3) is 0 Å². The molecule has 0 aliphatic carbocycles. The number of urea groups is 3. The summed E-state index contributed by atoms with van der Waals surface area (Å²) >= 11 is 3.25. The number of halogens is 10. The molecule has 3 N–H and O–H groups in total. The van der Waals surface area contributed by atoms with Crippen molar-refractivity contribution in [2.75, 3.05) is 75.0 Å². The van der Waals surface area contributed by atoms with E-state index in [1.165, 1.54) is 74.0 Å². The maximum Gasteiger partial charge on any atom is 0.414 e. The van der Waals surface area contributed by atoms with Crippen LogP contribution in [0, 0.1) is 52.4 Å². The van der Waals surface area contributed by atoms with Gasteiger partial charge in [0.1, 0.15) is 64.6 Å². The van der Waals surface area contributed by atoms with Gasteiger partial charge in [0, 0.05) is 81.0 Å². The van der Waals surface area contributed by atoms with Crippen LogP contribution in [0.3, 0.4) is 0 Å². The van der Waals surface area contributed by atoms with Crippen molar-refractivity contribution < 1.29 is 87.2 Å². The smallest absolute Gasteiger partial charge is 0.414 e. The Morgan fingerprint density at radius 2 is 0.898 bits per heavy atom. The standard InChI is InChI=1S/C26H34F3N5O3Si.C22H23F3N6O4.C19H19F3N6O3.C3H7Br/c1-26(2,3)38(4,5)36-10-6-7-23-30-14-21(29)24(32-23)37-20-15-33(16-20)25(35)34-22(8-9-31-34)17-11-18(27)13-19(28)12-17;1-22(2,3)35-20(32)29-19-26-9-16(25)18(28-19)34-15-10-30(11-15)21(33)31-17(4-5-27-31)12-6-13(23)8-14(24)7-12;20-12-5-11(6-13(21)7-12)16-1-2-25-28(16)19(30)27-9-14(10-27)31-17-15(22)8-24-18(26-17)23-3-4-29;1-2-3-4/h9,11-14,20,22H,6-8,10,15-16H2,1-5H3;5-9,15,17H,4,10-11H2,1-3H3,(H,26,28,29,32);2,5-8,14,16,29H,1,3-4,9-10H2,(H,23,24,26);2-3H2,1H3/t22-;17-;16-;/m000./s1. The number of nitrogens with one attached hydrogen (secondary N) is 2. The summed E-state index contributed by atoms with van der Waals surface area (Å²) in [5.74, 6) is -7.10. The lowest BCUT2D eigenvalue weighted by molar-refractivity contribution is 0.0227. The van der Waals surface area contributed by atoms with Crippen molar-refractivity contribution in [3.8, 4) is 17.6 Å². The molecule has 27 nitrogen and oxygen atoms in total. The highest BCUT2D eigenvalue weighted by Gasteiger charge is 2.44. The predicted octanol–water partition coefficient (Wildman–Crippen LogP) is 13.0. The molecule has 3 atom stereocenters. The first-order chi connectivity index (χ1) is 51.2. The van der Waals surface area contributed by atoms with Crippen LogP contribution >= 0.6 is 15.9 Å². The Morgan fingerprint density at radius 1 is 0.546 bits per heavy atom. The summed E-state index contributed by atoms with van der Waals surface area (Å²) in [5.41, 5.74) is 0.177. The van der Waals surface area contributed by atoms with Crippen LogP contribution in [0.4, 0.5) is 70.6 Å². The molecule has 3 aromatic carbocycles. The average molecular weight is 1600 g/mol. The SMILES string of the molecule is CC(C)(C)OC(=O)Nc1ncc(F)c(OC2CN(C(=O)N3N=CC[C@H]3c3cc(F)cc(F)c3)C2)n1.CC(C)(C)[Si](C)(C)OCCCc1ncc(F)c(OC2CN(C(=O)N3N=CC[C@H]3c3cc(F)cc(F)c3)C2)n1.CCCBr.O=C(N1CC(Oc2nc(NCCO)ncc2F)C1)N1N=CC[C@H]1c1cc(F)cc(F)c1. The first kappa shape index (κ1) is 82.2. The third-order valence-electron chi connectivity index (χ3n) is 17.3. The summed E-state index contributed by atoms with van der Waals surface area (Å²) in [6.07, 6.45) is 8.55. The van der Waals surface area contributed by atoms with E-state index >= 15 is 0 Å². The van der Waals surface area contributed by atoms with Crippen LogP contribution in [0.2, 0.25) is 18.1 Å². The topological polar surface area (TPSA) is 293 Å². The second-order valence-electron chi connectivity index (χ2n) is 27.9. The molecule has 3 fully saturated rings. The molecular formula is C70H83BrF9N17O10Si. The Balaban J connectivity index is 0.000000183. The minimum absolute atomic E-state index is 0.105. The molecule has 0 spiro atoms. The van der Waals surface area contributed by atoms with Crippen molar-refractivity contribution in [3.05, 3.63) is 148 Å². The number of likely N-dealkylation sites (tertiary alicyclic amines) is 3. The number of anilines is 2. The maximum atomic E-state index is 14.3. The van der Waals surface area contributed by atoms with Crippen molar-refractivity contribution in [1.29, 1.82) is 0 Å². The number of carbonyl (C=O) groups excluding carboxylic acids is 4. The van der Waals surface area contributed by atoms with Gasteiger partial charge in [-0.3, -0.25) is 5.32 Å². The van der Waals surface area contributed by atoms with Gasteiger partial charge < -0.3 is 48.5 Å². The number of aliphatic hydroxyl groups is 1. The Morgan fingerprint density at radius 3 is 1.25 bits per heavy atom. The molecule has 3 aromatic heterocycles. The van der Waals surface area contributed by atoms with E-state index in [0.29, 0.717) is 55.7 Å². The molecule has 9 heterocycles. The number of aryl methyl sites for hydroxylation is 1. The van der Waals surface area contributed by atoms with Crippen molar-refractivity contribution in [2.45, 2.75) is 147 Å². The minimum atomic E-state index is -1.84. The third kappa shape index (κ3) is 22.2. The Labute approximate surface area is 626 Å². The van der Waals surface area contributed by atoms with Crippen LogP contribution in [0.1, 0.15) is 121 Å². The zero-order chi connectivity index (χ0) is 78.4. The van der Waals surface area contributed by atoms with E-state index in [1.54, 1.807) is 20.8 Å². The van der Waals surface area contributed by atoms with Crippen LogP contribution in [0.5, 0.6) is 17.6 Å². The lowest BCUT2D eigenvalue weighted by atomic mass is 10.0. The van der Waals surface area contributed by atoms with Gasteiger partial charge in [0.25, 0.3) is 17.6 Å². The van der Waals surface area contributed by atoms with Gasteiger partial charge in [-0.05, 0) is 105 Å². The van der Waals surface area contributed by atoms with Crippen LogP contribution in [-0.2, 0) is 15.6 Å². The molecule has 7 amide bonds. The minimum Gasteiger partial charge on any atom is -0.468 e. The predicted molar refractivity (Wildman–Crippen MR) is 383 cm³/mol. The molecule has 6 aliphatic rings. The molecular weight excluding hydrogens is 1520 g/mol. The summed E-state index contributed by atoms with van der Waals surface area (Å²) in [6.45, 7) is 19.7. The summed E-state index contributed by atoms with van der Waals surface area (Å²) in [6, 6.07) is 6.14. The number of carbonyl (C=O) groups is 4. The number of aromatic nitrogens is 6. The summed E-state index contributed by atoms with van der Waals surface area (Å²) in [4.78, 5) is 78.3. The van der Waals surface area contributed by atoms with E-state index in [-0.39, 0.29) is 86.7 Å². The van der Waals surface area contributed by atoms with E-state index in [2.05, 4.69) is 113 Å². The second-order valence-corrected chi connectivity index (χ2v) is 33.5. The van der Waals surface area contributed by atoms with Gasteiger partial charge in [0.15, 0.2) is 8.32 Å². The van der Waals surface area contributed by atoms with Gasteiger partial charge >= 0.3 is 24.2 Å². The number of nitrogens with zero attached hydrogens (tertiary/aromatic N) is 15. The number of rotatable bonds is 19. The molecule has 108 heavy (non-hydrogen) atoms. The van der Waals surface area contributed by atoms with Crippen molar-refractivity contribution >= 4 is 79.0 Å². The van der Waals surface area contributed by atoms with Gasteiger partial charge in [0.05, 0.1) is 82.6 Å². The molecule has 0 unspecified atom stereocenters. The van der Waals surface area contributed by atoms with Gasteiger partial charge in [-0.2, -0.15) is 43.4 Å². The molecule has 12 rings (SSSR count). The fraction of sp³-hybridized carbons (Fsp3) is 0.471. The lowest BCUT2D eigenvalue weighted by Gasteiger charge is -2.40. The maximum absolute atomic E-state index is 14.3. The molecule has 0 saturated carbocycles. The third-order valence-corrected chi connectivity index (χ3v) is 22.6. The first-order valence-electron chi connectivity index (χ1n) is 34.5. The largest absolute Gasteiger partial charge is 0.468 e. The van der Waals surface area contributed by atoms with Gasteiger partial charge in [0.2, 0.25) is 29.3 Å². The molecule has 0 radical (unpaired) electrons. The Hall–Kier alpha value is -9.82. The first-order valence-corrected chi connectivity index (χ1v) is 38.5. The van der Waals surface area contributed by atoms with E-state index in [1.807, 2.05) is 0 Å². The molecule has 582 valence electrons. The monoisotopic (exact) mass is 1600 g/mol. The van der Waals surface area contributed by atoms with Crippen molar-refractivity contribution in [2.24, 2.45) is 15.3 Å². The molecule has 38 heteroatoms. The van der Waals surface area contributed by atoms with E-state index in [9.17, 15) is 58.7 Å². The number of hydrogen-bond donors (Lipinski definition) is 3. The van der Waals surface area contributed by atoms with Gasteiger partial charge in [-0.15, -0.1) is 0 Å². The van der Waals surface area contributed by atoms with Gasteiger partial charge in [-0.25, -0.2) is 75.5 Å². The second kappa shape index (κ2) is 36.4. The highest BCUT2D eigenvalue weighted by molar-refractivity contribution is 9.09. The van der Waals surface area contributed by atoms with Crippen LogP contribution < -0.4 is 24.8 Å². The molecule has 0 bridgehead atoms. The normalized spacial score (nSPS) is 17.7. The summed E-state index contributed by atoms with van der Waals surface area (Å²) in [5, 5.41) is 30.8. The van der Waals surface area contributed by atoms with E-state index in [0.717, 1.165) is 59.3 Å². The van der Waals surface area contributed by atoms with E-state index < -0.39 is 133 Å². The Bertz CT molecular complexity index is 4190. The summed E-state index contributed by atoms with van der Waals surface area (Å²) in [7, 11) is -1.84. The van der Waals surface area contributed by atoms with Gasteiger partial charge in [-0.1, -0.05) is 43.6 Å². The molecule has 6 aromatic rings. The van der Waals surface area contributed by atoms with E-state index in [4.69, 9.17) is 28.5 Å². The van der Waals surface area contributed by atoms with Crippen LogP contribution in [-0.4, -0.2) is 204 Å². The Kier molecular flexibility index (Phi) is 27.7. The fourth-order valence-electron chi connectivity index (χ4n) is 10.8. The fourth-order valence-corrected chi connectivity index (χ4v) is 11.9. The highest BCUT2D eigenvalue weighted by atomic mass is 79.9. The molecule has 6 aliphatic heterocycles. The molecule has 3 saturated heterocycles. The zero-order valence-electron chi connectivity index (χ0n) is 60.5. The summed E-state index contributed by atoms with van der Waals surface area (Å²) < 4.78 is 152. The number of hydrazone groups is 3. The number of ether oxygens (including phenoxy) is 4. The number of benzene rings is 3. The number of amides is 7. The van der Waals surface area contributed by atoms with Crippen LogP contribution in [0.15, 0.2) is 88.5 Å². The highest BCUT2D eigenvalue weighted by Crippen LogP contribution is 2.38. The number of hydrogen-bond acceptors (Lipinski definition) is 20. The van der Waals surface area contributed by atoms with Crippen molar-refractivity contribution in [1.82, 2.24) is 59.6 Å². The zero-order valence-corrected chi connectivity index (χ0v) is 63.1. The van der Waals surface area contributed by atoms with Crippen molar-refractivity contribution in [3.63, 3.8) is 0 Å². The lowest BCUT2D eigenvalue weighted by Crippen LogP contribution is -2.59. The number of aliphatic hydroxyl groups excluding tert-OH is 1. The number of alkyl halides is 1. The average Bonchev–Trinajstić information content (AvgIpc) is 1.50.